The summed E-state index contributed by atoms with van der Waals surface area (Å²) in [5.74, 6) is -0.249. The third-order valence-corrected chi connectivity index (χ3v) is 4.11. The summed E-state index contributed by atoms with van der Waals surface area (Å²) in [6.07, 6.45) is 2.00. The van der Waals surface area contributed by atoms with Crippen molar-refractivity contribution in [3.63, 3.8) is 0 Å². The summed E-state index contributed by atoms with van der Waals surface area (Å²) in [5, 5.41) is 10.4. The molecule has 2 aromatic carbocycles. The van der Waals surface area contributed by atoms with Crippen LogP contribution in [0.4, 0.5) is 4.39 Å². The Hall–Kier alpha value is -1.65. The van der Waals surface area contributed by atoms with Crippen LogP contribution in [0, 0.1) is 5.82 Å². The second kappa shape index (κ2) is 5.38. The van der Waals surface area contributed by atoms with E-state index < -0.39 is 0 Å². The summed E-state index contributed by atoms with van der Waals surface area (Å²) in [6, 6.07) is 12.6. The highest BCUT2D eigenvalue weighted by Gasteiger charge is 2.06. The monoisotopic (exact) mass is 333 g/mol. The second-order valence-electron chi connectivity index (χ2n) is 4.73. The number of aromatic nitrogens is 1. The first kappa shape index (κ1) is 13.3. The Morgan fingerprint density at radius 1 is 1.10 bits per heavy atom. The molecule has 3 rings (SSSR count). The van der Waals surface area contributed by atoms with Gasteiger partial charge in [0.05, 0.1) is 6.61 Å². The van der Waals surface area contributed by atoms with Gasteiger partial charge in [0.15, 0.2) is 0 Å². The normalized spacial score (nSPS) is 11.2. The van der Waals surface area contributed by atoms with Gasteiger partial charge in [-0.3, -0.25) is 0 Å². The molecule has 1 N–H and O–H groups in total. The molecule has 0 amide bonds. The lowest BCUT2D eigenvalue weighted by atomic mass is 10.1. The Morgan fingerprint density at radius 3 is 2.70 bits per heavy atom. The van der Waals surface area contributed by atoms with Gasteiger partial charge in [0.2, 0.25) is 0 Å². The molecule has 3 aromatic rings. The zero-order chi connectivity index (χ0) is 14.1. The summed E-state index contributed by atoms with van der Waals surface area (Å²) in [5.41, 5.74) is 2.96. The van der Waals surface area contributed by atoms with Crippen LogP contribution >= 0.6 is 15.9 Å². The van der Waals surface area contributed by atoms with Crippen molar-refractivity contribution in [2.24, 2.45) is 0 Å². The lowest BCUT2D eigenvalue weighted by Crippen LogP contribution is -1.99. The maximum Gasteiger partial charge on any atom is 0.124 e. The zero-order valence-corrected chi connectivity index (χ0v) is 12.3. The summed E-state index contributed by atoms with van der Waals surface area (Å²) in [7, 11) is 0. The number of fused-ring (bicyclic) bond motifs is 1. The molecule has 0 atom stereocenters. The van der Waals surface area contributed by atoms with Crippen LogP contribution in [0.1, 0.15) is 11.1 Å². The fraction of sp³-hybridized carbons (Fsp3) is 0.125. The van der Waals surface area contributed by atoms with Crippen molar-refractivity contribution >= 4 is 26.8 Å². The number of aliphatic hydroxyl groups is 1. The highest BCUT2D eigenvalue weighted by atomic mass is 79.9. The predicted octanol–water partition coefficient (Wildman–Crippen LogP) is 4.08. The molecule has 0 aliphatic carbocycles. The topological polar surface area (TPSA) is 25.2 Å². The molecule has 0 aliphatic heterocycles. The van der Waals surface area contributed by atoms with Crippen molar-refractivity contribution in [2.75, 3.05) is 0 Å². The van der Waals surface area contributed by atoms with E-state index in [1.807, 2.05) is 30.5 Å². The van der Waals surface area contributed by atoms with E-state index in [0.29, 0.717) is 6.54 Å². The van der Waals surface area contributed by atoms with Crippen LogP contribution in [0.25, 0.3) is 10.9 Å². The van der Waals surface area contributed by atoms with Gasteiger partial charge in [0, 0.05) is 22.7 Å². The summed E-state index contributed by atoms with van der Waals surface area (Å²) in [4.78, 5) is 0. The van der Waals surface area contributed by atoms with Crippen LogP contribution in [0.2, 0.25) is 0 Å². The third kappa shape index (κ3) is 2.49. The first-order valence-electron chi connectivity index (χ1n) is 6.30. The minimum Gasteiger partial charge on any atom is -0.392 e. The molecule has 0 radical (unpaired) electrons. The van der Waals surface area contributed by atoms with Gasteiger partial charge in [0.25, 0.3) is 0 Å². The maximum atomic E-state index is 13.1. The van der Waals surface area contributed by atoms with Gasteiger partial charge in [-0.05, 0) is 40.8 Å². The molecule has 0 spiro atoms. The number of rotatable bonds is 3. The van der Waals surface area contributed by atoms with E-state index in [4.69, 9.17) is 0 Å². The Kier molecular flexibility index (Phi) is 3.59. The van der Waals surface area contributed by atoms with Crippen molar-refractivity contribution in [2.45, 2.75) is 13.2 Å². The molecule has 0 bridgehead atoms. The van der Waals surface area contributed by atoms with E-state index in [0.717, 1.165) is 26.5 Å². The number of benzene rings is 2. The van der Waals surface area contributed by atoms with Crippen molar-refractivity contribution in [3.8, 4) is 0 Å². The summed E-state index contributed by atoms with van der Waals surface area (Å²) in [6.45, 7) is 0.681. The minimum absolute atomic E-state index is 0.0291. The average Bonchev–Trinajstić information content (AvgIpc) is 2.84. The molecular weight excluding hydrogens is 321 g/mol. The van der Waals surface area contributed by atoms with Gasteiger partial charge in [-0.25, -0.2) is 4.39 Å². The standard InChI is InChI=1S/C16H13BrFNO/c17-15-8-14(18)4-3-13(15)9-19-6-5-12-2-1-11(10-20)7-16(12)19/h1-8,20H,9-10H2. The quantitative estimate of drug-likeness (QED) is 0.767. The van der Waals surface area contributed by atoms with Crippen LogP contribution < -0.4 is 0 Å². The van der Waals surface area contributed by atoms with Gasteiger partial charge in [-0.2, -0.15) is 0 Å². The summed E-state index contributed by atoms with van der Waals surface area (Å²) < 4.78 is 16.0. The minimum atomic E-state index is -0.249. The highest BCUT2D eigenvalue weighted by molar-refractivity contribution is 9.10. The Balaban J connectivity index is 2.01. The fourth-order valence-electron chi connectivity index (χ4n) is 2.30. The number of hydrogen-bond donors (Lipinski definition) is 1. The highest BCUT2D eigenvalue weighted by Crippen LogP contribution is 2.23. The van der Waals surface area contributed by atoms with E-state index in [-0.39, 0.29) is 12.4 Å². The van der Waals surface area contributed by atoms with Gasteiger partial charge >= 0.3 is 0 Å². The van der Waals surface area contributed by atoms with E-state index in [9.17, 15) is 9.50 Å². The molecular formula is C16H13BrFNO. The molecule has 0 fully saturated rings. The SMILES string of the molecule is OCc1ccc2ccn(Cc3ccc(F)cc3Br)c2c1. The van der Waals surface area contributed by atoms with E-state index in [2.05, 4.69) is 20.5 Å². The molecule has 0 saturated carbocycles. The Morgan fingerprint density at radius 2 is 1.95 bits per heavy atom. The molecule has 2 nitrogen and oxygen atoms in total. The van der Waals surface area contributed by atoms with Crippen molar-refractivity contribution in [1.82, 2.24) is 4.57 Å². The maximum absolute atomic E-state index is 13.1. The Bertz CT molecular complexity index is 766. The summed E-state index contributed by atoms with van der Waals surface area (Å²) >= 11 is 3.39. The molecule has 1 aromatic heterocycles. The number of hydrogen-bond acceptors (Lipinski definition) is 1. The van der Waals surface area contributed by atoms with Crippen LogP contribution in [-0.2, 0) is 13.2 Å². The zero-order valence-electron chi connectivity index (χ0n) is 10.7. The van der Waals surface area contributed by atoms with E-state index in [1.54, 1.807) is 6.07 Å². The van der Waals surface area contributed by atoms with Crippen LogP contribution in [0.15, 0.2) is 53.1 Å². The molecule has 0 aliphatic rings. The fourth-order valence-corrected chi connectivity index (χ4v) is 2.78. The van der Waals surface area contributed by atoms with Gasteiger partial charge in [0.1, 0.15) is 5.82 Å². The first-order valence-corrected chi connectivity index (χ1v) is 7.09. The molecule has 102 valence electrons. The largest absolute Gasteiger partial charge is 0.392 e. The van der Waals surface area contributed by atoms with Crippen molar-refractivity contribution < 1.29 is 9.50 Å². The van der Waals surface area contributed by atoms with Crippen LogP contribution in [0.5, 0.6) is 0 Å². The number of halogens is 2. The van der Waals surface area contributed by atoms with E-state index in [1.165, 1.54) is 12.1 Å². The number of aliphatic hydroxyl groups excluding tert-OH is 1. The number of nitrogens with zero attached hydrogens (tertiary/aromatic N) is 1. The van der Waals surface area contributed by atoms with Crippen molar-refractivity contribution in [1.29, 1.82) is 0 Å². The predicted molar refractivity (Wildman–Crippen MR) is 81.1 cm³/mol. The molecule has 0 unspecified atom stereocenters. The van der Waals surface area contributed by atoms with Crippen LogP contribution in [-0.4, -0.2) is 9.67 Å². The smallest absolute Gasteiger partial charge is 0.124 e. The lowest BCUT2D eigenvalue weighted by molar-refractivity contribution is 0.282. The lowest BCUT2D eigenvalue weighted by Gasteiger charge is -2.08. The molecule has 0 saturated heterocycles. The average molecular weight is 334 g/mol. The van der Waals surface area contributed by atoms with Crippen LogP contribution in [0.3, 0.4) is 0 Å². The van der Waals surface area contributed by atoms with Gasteiger partial charge in [-0.1, -0.05) is 34.1 Å². The van der Waals surface area contributed by atoms with Crippen molar-refractivity contribution in [3.05, 3.63) is 70.1 Å². The third-order valence-electron chi connectivity index (χ3n) is 3.38. The first-order chi connectivity index (χ1) is 9.67. The van der Waals surface area contributed by atoms with Gasteiger partial charge < -0.3 is 9.67 Å². The molecule has 4 heteroatoms. The second-order valence-corrected chi connectivity index (χ2v) is 5.58. The van der Waals surface area contributed by atoms with Gasteiger partial charge in [-0.15, -0.1) is 0 Å². The molecule has 20 heavy (non-hydrogen) atoms. The van der Waals surface area contributed by atoms with E-state index >= 15 is 0 Å². The Labute approximate surface area is 124 Å². The molecule has 1 heterocycles.